The fourth-order valence-corrected chi connectivity index (χ4v) is 0.918. The zero-order valence-electron chi connectivity index (χ0n) is 6.94. The molecule has 0 aliphatic rings. The molecule has 0 heterocycles. The van der Waals surface area contributed by atoms with Gasteiger partial charge in [-0.1, -0.05) is 12.0 Å². The number of alkyl halides is 3. The van der Waals surface area contributed by atoms with Gasteiger partial charge >= 0.3 is 6.18 Å². The van der Waals surface area contributed by atoms with Crippen LogP contribution in [0.4, 0.5) is 13.2 Å². The Kier molecular flexibility index (Phi) is 2.62. The number of hydrogen-bond donors (Lipinski definition) is 0. The molecule has 0 bridgehead atoms. The van der Waals surface area contributed by atoms with Crippen molar-refractivity contribution in [2.45, 2.75) is 13.1 Å². The Bertz CT molecular complexity index is 352. The smallest absolute Gasteiger partial charge is 0.166 e. The van der Waals surface area contributed by atoms with Crippen LogP contribution in [0.3, 0.4) is 0 Å². The average Bonchev–Trinajstić information content (AvgIpc) is 2.04. The lowest BCUT2D eigenvalue weighted by Crippen LogP contribution is -2.04. The molecule has 1 aromatic rings. The maximum Gasteiger partial charge on any atom is 0.416 e. The van der Waals surface area contributed by atoms with Crippen LogP contribution in [0.2, 0.25) is 0 Å². The summed E-state index contributed by atoms with van der Waals surface area (Å²) in [5.41, 5.74) is -0.273. The summed E-state index contributed by atoms with van der Waals surface area (Å²) < 4.78 is 36.5. The lowest BCUT2D eigenvalue weighted by atomic mass is 10.1. The van der Waals surface area contributed by atoms with E-state index in [1.807, 2.05) is 0 Å². The van der Waals surface area contributed by atoms with Gasteiger partial charge in [-0.05, 0) is 25.1 Å². The highest BCUT2D eigenvalue weighted by atomic mass is 19.4. The van der Waals surface area contributed by atoms with E-state index in [1.54, 1.807) is 13.0 Å². The minimum Gasteiger partial charge on any atom is -0.166 e. The monoisotopic (exact) mass is 184 g/mol. The van der Waals surface area contributed by atoms with Crippen LogP contribution in [-0.2, 0) is 6.18 Å². The molecular weight excluding hydrogens is 177 g/mol. The van der Waals surface area contributed by atoms with Crippen LogP contribution in [0.15, 0.2) is 24.3 Å². The molecule has 0 atom stereocenters. The molecule has 0 spiro atoms. The van der Waals surface area contributed by atoms with Crippen LogP contribution in [0, 0.1) is 11.8 Å². The first-order chi connectivity index (χ1) is 6.04. The van der Waals surface area contributed by atoms with Gasteiger partial charge in [-0.15, -0.1) is 5.92 Å². The number of hydrogen-bond acceptors (Lipinski definition) is 0. The fourth-order valence-electron chi connectivity index (χ4n) is 0.918. The summed E-state index contributed by atoms with van der Waals surface area (Å²) in [7, 11) is 0. The largest absolute Gasteiger partial charge is 0.416 e. The molecule has 3 heteroatoms. The van der Waals surface area contributed by atoms with Crippen molar-refractivity contribution >= 4 is 0 Å². The standard InChI is InChI=1S/C10H7F3/c1-2-4-8-5-3-6-9(7-8)10(11,12)13/h3,5-7H,1H3. The van der Waals surface area contributed by atoms with Gasteiger partial charge in [-0.25, -0.2) is 0 Å². The topological polar surface area (TPSA) is 0 Å². The summed E-state index contributed by atoms with van der Waals surface area (Å²) in [6.07, 6.45) is -4.29. The Morgan fingerprint density at radius 3 is 2.46 bits per heavy atom. The van der Waals surface area contributed by atoms with E-state index in [9.17, 15) is 13.2 Å². The Morgan fingerprint density at radius 1 is 1.23 bits per heavy atom. The van der Waals surface area contributed by atoms with Gasteiger partial charge in [0.15, 0.2) is 0 Å². The first kappa shape index (κ1) is 9.66. The fraction of sp³-hybridized carbons (Fsp3) is 0.200. The van der Waals surface area contributed by atoms with E-state index < -0.39 is 11.7 Å². The van der Waals surface area contributed by atoms with Crippen molar-refractivity contribution < 1.29 is 13.2 Å². The molecule has 0 N–H and O–H groups in total. The van der Waals surface area contributed by atoms with Crippen molar-refractivity contribution in [2.24, 2.45) is 0 Å². The van der Waals surface area contributed by atoms with Crippen LogP contribution in [0.1, 0.15) is 18.1 Å². The second-order valence-corrected chi connectivity index (χ2v) is 2.45. The molecule has 1 aromatic carbocycles. The lowest BCUT2D eigenvalue weighted by Gasteiger charge is -2.05. The van der Waals surface area contributed by atoms with Crippen molar-refractivity contribution in [3.05, 3.63) is 35.4 Å². The van der Waals surface area contributed by atoms with Gasteiger partial charge < -0.3 is 0 Å². The van der Waals surface area contributed by atoms with E-state index >= 15 is 0 Å². The summed E-state index contributed by atoms with van der Waals surface area (Å²) in [4.78, 5) is 0. The highest BCUT2D eigenvalue weighted by Gasteiger charge is 2.30. The highest BCUT2D eigenvalue weighted by molar-refractivity contribution is 5.37. The van der Waals surface area contributed by atoms with Gasteiger partial charge in [-0.3, -0.25) is 0 Å². The molecule has 13 heavy (non-hydrogen) atoms. The number of benzene rings is 1. The highest BCUT2D eigenvalue weighted by Crippen LogP contribution is 2.29. The Morgan fingerprint density at radius 2 is 1.92 bits per heavy atom. The van der Waals surface area contributed by atoms with E-state index in [2.05, 4.69) is 11.8 Å². The third-order valence-corrected chi connectivity index (χ3v) is 1.46. The molecule has 0 radical (unpaired) electrons. The predicted molar refractivity (Wildman–Crippen MR) is 44.0 cm³/mol. The molecule has 1 rings (SSSR count). The van der Waals surface area contributed by atoms with E-state index in [-0.39, 0.29) is 0 Å². The van der Waals surface area contributed by atoms with Crippen LogP contribution >= 0.6 is 0 Å². The molecule has 0 amide bonds. The molecule has 0 nitrogen and oxygen atoms in total. The molecule has 0 aliphatic heterocycles. The van der Waals surface area contributed by atoms with Crippen molar-refractivity contribution in [3.63, 3.8) is 0 Å². The Labute approximate surface area is 74.4 Å². The van der Waals surface area contributed by atoms with Crippen molar-refractivity contribution in [1.29, 1.82) is 0 Å². The van der Waals surface area contributed by atoms with E-state index in [4.69, 9.17) is 0 Å². The van der Waals surface area contributed by atoms with Crippen molar-refractivity contribution in [3.8, 4) is 11.8 Å². The first-order valence-corrected chi connectivity index (χ1v) is 3.64. The molecule has 0 fully saturated rings. The minimum absolute atomic E-state index is 0.386. The SMILES string of the molecule is CC#Cc1cccc(C(F)(F)F)c1. The predicted octanol–water partition coefficient (Wildman–Crippen LogP) is 3.08. The first-order valence-electron chi connectivity index (χ1n) is 3.64. The maximum atomic E-state index is 12.2. The van der Waals surface area contributed by atoms with Crippen LogP contribution in [0.5, 0.6) is 0 Å². The van der Waals surface area contributed by atoms with Gasteiger partial charge in [0.2, 0.25) is 0 Å². The van der Waals surface area contributed by atoms with E-state index in [1.165, 1.54) is 6.07 Å². The molecule has 0 aromatic heterocycles. The second kappa shape index (κ2) is 3.53. The van der Waals surface area contributed by atoms with Crippen molar-refractivity contribution in [1.82, 2.24) is 0 Å². The average molecular weight is 184 g/mol. The van der Waals surface area contributed by atoms with E-state index in [0.29, 0.717) is 5.56 Å². The quantitative estimate of drug-likeness (QED) is 0.543. The third-order valence-electron chi connectivity index (χ3n) is 1.46. The summed E-state index contributed by atoms with van der Waals surface area (Å²) in [6, 6.07) is 4.96. The van der Waals surface area contributed by atoms with Crippen molar-refractivity contribution in [2.75, 3.05) is 0 Å². The van der Waals surface area contributed by atoms with Gasteiger partial charge in [-0.2, -0.15) is 13.2 Å². The van der Waals surface area contributed by atoms with Gasteiger partial charge in [0.05, 0.1) is 5.56 Å². The maximum absolute atomic E-state index is 12.2. The molecule has 0 saturated carbocycles. The minimum atomic E-state index is -4.29. The van der Waals surface area contributed by atoms with Gasteiger partial charge in [0.1, 0.15) is 0 Å². The molecule has 0 aliphatic carbocycles. The van der Waals surface area contributed by atoms with Crippen LogP contribution < -0.4 is 0 Å². The zero-order valence-corrected chi connectivity index (χ0v) is 6.94. The number of rotatable bonds is 0. The normalized spacial score (nSPS) is 10.5. The zero-order chi connectivity index (χ0) is 9.90. The molecule has 0 unspecified atom stereocenters. The van der Waals surface area contributed by atoms with Gasteiger partial charge in [0, 0.05) is 5.56 Å². The van der Waals surface area contributed by atoms with E-state index in [0.717, 1.165) is 12.1 Å². The summed E-state index contributed by atoms with van der Waals surface area (Å²) >= 11 is 0. The van der Waals surface area contributed by atoms with Crippen LogP contribution in [-0.4, -0.2) is 0 Å². The lowest BCUT2D eigenvalue weighted by molar-refractivity contribution is -0.137. The Hall–Kier alpha value is -1.43. The summed E-state index contributed by atoms with van der Waals surface area (Å²) in [5.74, 6) is 5.12. The third kappa shape index (κ3) is 2.51. The number of halogens is 3. The summed E-state index contributed by atoms with van der Waals surface area (Å²) in [6.45, 7) is 1.58. The van der Waals surface area contributed by atoms with Gasteiger partial charge in [0.25, 0.3) is 0 Å². The second-order valence-electron chi connectivity index (χ2n) is 2.45. The summed E-state index contributed by atoms with van der Waals surface area (Å²) in [5, 5.41) is 0. The molecule has 68 valence electrons. The van der Waals surface area contributed by atoms with Crippen LogP contribution in [0.25, 0.3) is 0 Å². The molecular formula is C10H7F3. The Balaban J connectivity index is 3.10. The molecule has 0 saturated heterocycles.